The summed E-state index contributed by atoms with van der Waals surface area (Å²) < 4.78 is 13.0. The molecular formula is C10H9FN4. The van der Waals surface area contributed by atoms with E-state index in [0.717, 1.165) is 0 Å². The molecule has 2 aromatic rings. The fourth-order valence-electron chi connectivity index (χ4n) is 1.29. The molecule has 1 aromatic heterocycles. The standard InChI is InChI=1S/C10H9FN4/c11-7-3-1-2-6(4-7)8-5-14-10(13)15-9(8)12/h1-5H,(H4,12,13,14,15). The summed E-state index contributed by atoms with van der Waals surface area (Å²) in [7, 11) is 0. The molecule has 4 nitrogen and oxygen atoms in total. The fraction of sp³-hybridized carbons (Fsp3) is 0. The molecule has 0 radical (unpaired) electrons. The molecule has 2 rings (SSSR count). The van der Waals surface area contributed by atoms with Crippen molar-refractivity contribution in [1.29, 1.82) is 0 Å². The topological polar surface area (TPSA) is 77.8 Å². The van der Waals surface area contributed by atoms with Crippen molar-refractivity contribution in [3.63, 3.8) is 0 Å². The Balaban J connectivity index is 2.54. The average molecular weight is 204 g/mol. The second-order valence-corrected chi connectivity index (χ2v) is 3.04. The highest BCUT2D eigenvalue weighted by Crippen LogP contribution is 2.24. The van der Waals surface area contributed by atoms with E-state index >= 15 is 0 Å². The predicted octanol–water partition coefficient (Wildman–Crippen LogP) is 1.45. The van der Waals surface area contributed by atoms with E-state index in [1.54, 1.807) is 12.1 Å². The van der Waals surface area contributed by atoms with Crippen LogP contribution in [0.15, 0.2) is 30.5 Å². The molecule has 0 spiro atoms. The summed E-state index contributed by atoms with van der Waals surface area (Å²) in [4.78, 5) is 7.61. The zero-order valence-electron chi connectivity index (χ0n) is 7.81. The number of benzene rings is 1. The number of hydrogen-bond donors (Lipinski definition) is 2. The molecule has 0 bridgehead atoms. The van der Waals surface area contributed by atoms with E-state index in [4.69, 9.17) is 11.5 Å². The van der Waals surface area contributed by atoms with Gasteiger partial charge in [-0.15, -0.1) is 0 Å². The fourth-order valence-corrected chi connectivity index (χ4v) is 1.29. The van der Waals surface area contributed by atoms with Crippen LogP contribution in [0.25, 0.3) is 11.1 Å². The van der Waals surface area contributed by atoms with Crippen LogP contribution in [0.1, 0.15) is 0 Å². The Bertz CT molecular complexity index is 499. The van der Waals surface area contributed by atoms with E-state index in [1.165, 1.54) is 18.3 Å². The lowest BCUT2D eigenvalue weighted by molar-refractivity contribution is 0.628. The molecule has 0 aliphatic heterocycles. The summed E-state index contributed by atoms with van der Waals surface area (Å²) in [5.41, 5.74) is 12.2. The van der Waals surface area contributed by atoms with Crippen LogP contribution >= 0.6 is 0 Å². The summed E-state index contributed by atoms with van der Waals surface area (Å²) in [5, 5.41) is 0. The van der Waals surface area contributed by atoms with E-state index in [0.29, 0.717) is 11.1 Å². The van der Waals surface area contributed by atoms with Gasteiger partial charge in [0.25, 0.3) is 0 Å². The molecule has 15 heavy (non-hydrogen) atoms. The molecule has 0 saturated heterocycles. The number of nitrogens with zero attached hydrogens (tertiary/aromatic N) is 2. The van der Waals surface area contributed by atoms with Crippen LogP contribution in [0, 0.1) is 5.82 Å². The number of nitrogens with two attached hydrogens (primary N) is 2. The van der Waals surface area contributed by atoms with Gasteiger partial charge in [-0.3, -0.25) is 0 Å². The van der Waals surface area contributed by atoms with Gasteiger partial charge in [0.1, 0.15) is 11.6 Å². The van der Waals surface area contributed by atoms with Gasteiger partial charge in [-0.2, -0.15) is 4.98 Å². The van der Waals surface area contributed by atoms with E-state index in [2.05, 4.69) is 9.97 Å². The lowest BCUT2D eigenvalue weighted by atomic mass is 10.1. The third-order valence-electron chi connectivity index (χ3n) is 1.97. The number of hydrogen-bond acceptors (Lipinski definition) is 4. The van der Waals surface area contributed by atoms with Gasteiger partial charge in [-0.1, -0.05) is 12.1 Å². The number of halogens is 1. The summed E-state index contributed by atoms with van der Waals surface area (Å²) in [6, 6.07) is 6.05. The van der Waals surface area contributed by atoms with Crippen molar-refractivity contribution < 1.29 is 4.39 Å². The highest BCUT2D eigenvalue weighted by atomic mass is 19.1. The van der Waals surface area contributed by atoms with Gasteiger partial charge in [0.05, 0.1) is 0 Å². The molecule has 0 atom stereocenters. The van der Waals surface area contributed by atoms with Crippen molar-refractivity contribution in [3.05, 3.63) is 36.3 Å². The van der Waals surface area contributed by atoms with Gasteiger partial charge in [0.15, 0.2) is 0 Å². The molecule has 0 saturated carbocycles. The molecule has 4 N–H and O–H groups in total. The molecule has 5 heteroatoms. The molecule has 0 unspecified atom stereocenters. The maximum absolute atomic E-state index is 13.0. The van der Waals surface area contributed by atoms with E-state index < -0.39 is 0 Å². The summed E-state index contributed by atoms with van der Waals surface area (Å²) in [6.07, 6.45) is 1.48. The minimum Gasteiger partial charge on any atom is -0.383 e. The summed E-state index contributed by atoms with van der Waals surface area (Å²) in [6.45, 7) is 0. The Morgan fingerprint density at radius 3 is 2.67 bits per heavy atom. The number of rotatable bonds is 1. The monoisotopic (exact) mass is 204 g/mol. The first-order valence-corrected chi connectivity index (χ1v) is 4.31. The average Bonchev–Trinajstić information content (AvgIpc) is 2.17. The summed E-state index contributed by atoms with van der Waals surface area (Å²) in [5.74, 6) is 0.0180. The zero-order chi connectivity index (χ0) is 10.8. The highest BCUT2D eigenvalue weighted by molar-refractivity contribution is 5.73. The lowest BCUT2D eigenvalue weighted by Gasteiger charge is -2.04. The largest absolute Gasteiger partial charge is 0.383 e. The van der Waals surface area contributed by atoms with Crippen molar-refractivity contribution in [2.45, 2.75) is 0 Å². The Hall–Kier alpha value is -2.17. The highest BCUT2D eigenvalue weighted by Gasteiger charge is 2.05. The normalized spacial score (nSPS) is 10.2. The van der Waals surface area contributed by atoms with Crippen LogP contribution in [-0.4, -0.2) is 9.97 Å². The summed E-state index contributed by atoms with van der Waals surface area (Å²) >= 11 is 0. The third kappa shape index (κ3) is 1.85. The molecule has 0 amide bonds. The first-order valence-electron chi connectivity index (χ1n) is 4.31. The van der Waals surface area contributed by atoms with Gasteiger partial charge in [0, 0.05) is 11.8 Å². The second-order valence-electron chi connectivity index (χ2n) is 3.04. The maximum atomic E-state index is 13.0. The smallest absolute Gasteiger partial charge is 0.221 e. The Labute approximate surface area is 85.8 Å². The van der Waals surface area contributed by atoms with Crippen molar-refractivity contribution in [3.8, 4) is 11.1 Å². The molecule has 0 aliphatic carbocycles. The Kier molecular flexibility index (Phi) is 2.21. The molecular weight excluding hydrogens is 195 g/mol. The van der Waals surface area contributed by atoms with Crippen LogP contribution in [0.5, 0.6) is 0 Å². The van der Waals surface area contributed by atoms with Crippen LogP contribution in [0.2, 0.25) is 0 Å². The van der Waals surface area contributed by atoms with E-state index in [-0.39, 0.29) is 17.6 Å². The molecule has 0 aliphatic rings. The molecule has 76 valence electrons. The Morgan fingerprint density at radius 1 is 1.20 bits per heavy atom. The van der Waals surface area contributed by atoms with Gasteiger partial charge in [0.2, 0.25) is 5.95 Å². The zero-order valence-corrected chi connectivity index (χ0v) is 7.81. The first-order chi connectivity index (χ1) is 7.16. The minimum atomic E-state index is -0.330. The molecule has 0 fully saturated rings. The van der Waals surface area contributed by atoms with E-state index in [1.807, 2.05) is 0 Å². The maximum Gasteiger partial charge on any atom is 0.221 e. The number of aromatic nitrogens is 2. The number of nitrogen functional groups attached to an aromatic ring is 2. The van der Waals surface area contributed by atoms with Gasteiger partial charge < -0.3 is 11.5 Å². The molecule has 1 aromatic carbocycles. The second kappa shape index (κ2) is 3.53. The third-order valence-corrected chi connectivity index (χ3v) is 1.97. The van der Waals surface area contributed by atoms with Crippen LogP contribution < -0.4 is 11.5 Å². The van der Waals surface area contributed by atoms with Crippen LogP contribution in [-0.2, 0) is 0 Å². The molecule has 1 heterocycles. The predicted molar refractivity (Wildman–Crippen MR) is 56.3 cm³/mol. The van der Waals surface area contributed by atoms with Crippen molar-refractivity contribution in [1.82, 2.24) is 9.97 Å². The van der Waals surface area contributed by atoms with Gasteiger partial charge in [-0.05, 0) is 17.7 Å². The van der Waals surface area contributed by atoms with Crippen molar-refractivity contribution in [2.75, 3.05) is 11.5 Å². The number of anilines is 2. The van der Waals surface area contributed by atoms with Crippen molar-refractivity contribution >= 4 is 11.8 Å². The van der Waals surface area contributed by atoms with Gasteiger partial charge in [-0.25, -0.2) is 9.37 Å². The van der Waals surface area contributed by atoms with Crippen LogP contribution in [0.4, 0.5) is 16.2 Å². The lowest BCUT2D eigenvalue weighted by Crippen LogP contribution is -2.00. The van der Waals surface area contributed by atoms with E-state index in [9.17, 15) is 4.39 Å². The quantitative estimate of drug-likeness (QED) is 0.736. The van der Waals surface area contributed by atoms with Crippen LogP contribution in [0.3, 0.4) is 0 Å². The Morgan fingerprint density at radius 2 is 2.00 bits per heavy atom. The first kappa shape index (κ1) is 9.39. The van der Waals surface area contributed by atoms with Crippen molar-refractivity contribution in [2.24, 2.45) is 0 Å². The minimum absolute atomic E-state index is 0.104. The van der Waals surface area contributed by atoms with Gasteiger partial charge >= 0.3 is 0 Å². The SMILES string of the molecule is Nc1ncc(-c2cccc(F)c2)c(N)n1.